The standard InChI is InChI=1S/C22H35N3.C10H12.C2H6.C2H4/c1-7-18-11-9-12-19(8-2)21(18)17(5)24-22(25-13-10-14-25)20(15-23-6)16(3)4;1-2-6-10-8-4-3-7-9(10)5-1;2*1-2/h9,11-12,16,23H,7-8,10,13-15H2,1-6H3;1-2,5-6H,3-4,7-8H2;1-2H3;1-2H2/b22-20+,24-17+;;;. The Morgan fingerprint density at radius 1 is 0.872 bits per heavy atom. The molecule has 1 N–H and O–H groups in total. The van der Waals surface area contributed by atoms with E-state index in [0.717, 1.165) is 38.2 Å². The van der Waals surface area contributed by atoms with Crippen LogP contribution in [0.15, 0.2) is 72.0 Å². The summed E-state index contributed by atoms with van der Waals surface area (Å²) in [6.45, 7) is 24.4. The molecule has 0 unspecified atom stereocenters. The molecule has 1 aliphatic carbocycles. The molecule has 2 aromatic carbocycles. The monoisotopic (exact) mass is 531 g/mol. The smallest absolute Gasteiger partial charge is 0.129 e. The van der Waals surface area contributed by atoms with Gasteiger partial charge in [-0.3, -0.25) is 0 Å². The predicted octanol–water partition coefficient (Wildman–Crippen LogP) is 8.81. The number of benzene rings is 2. The molecule has 216 valence electrons. The first-order valence-electron chi connectivity index (χ1n) is 15.4. The Morgan fingerprint density at radius 3 is 1.77 bits per heavy atom. The maximum absolute atomic E-state index is 5.21. The molecule has 0 aromatic heterocycles. The van der Waals surface area contributed by atoms with Crippen molar-refractivity contribution in [2.24, 2.45) is 10.9 Å². The number of rotatable bonds is 8. The Labute approximate surface area is 241 Å². The third kappa shape index (κ3) is 10.1. The van der Waals surface area contributed by atoms with Gasteiger partial charge in [-0.25, -0.2) is 4.99 Å². The third-order valence-electron chi connectivity index (χ3n) is 7.40. The van der Waals surface area contributed by atoms with Crippen LogP contribution in [0.4, 0.5) is 0 Å². The first kappa shape index (κ1) is 34.4. The number of aryl methyl sites for hydroxylation is 4. The number of nitrogens with zero attached hydrogens (tertiary/aromatic N) is 2. The Hall–Kier alpha value is -2.65. The molecule has 0 radical (unpaired) electrons. The van der Waals surface area contributed by atoms with E-state index in [0.29, 0.717) is 5.92 Å². The summed E-state index contributed by atoms with van der Waals surface area (Å²) in [5.74, 6) is 1.69. The highest BCUT2D eigenvalue weighted by atomic mass is 15.3. The molecule has 4 rings (SSSR count). The summed E-state index contributed by atoms with van der Waals surface area (Å²) in [7, 11) is 2.02. The number of fused-ring (bicyclic) bond motifs is 1. The zero-order valence-electron chi connectivity index (χ0n) is 26.5. The zero-order valence-corrected chi connectivity index (χ0v) is 26.5. The van der Waals surface area contributed by atoms with Gasteiger partial charge in [0, 0.05) is 30.9 Å². The molecule has 1 aliphatic heterocycles. The van der Waals surface area contributed by atoms with Gasteiger partial charge in [-0.15, -0.1) is 13.2 Å². The van der Waals surface area contributed by atoms with Gasteiger partial charge in [-0.2, -0.15) is 0 Å². The highest BCUT2D eigenvalue weighted by Crippen LogP contribution is 2.26. The SMILES string of the molecule is C=C.CC.CCc1cccc(CC)c1/C(C)=N/C(=C(/CNC)C(C)C)N1CCC1.c1ccc2c(c1)CCCC2. The second-order valence-electron chi connectivity index (χ2n) is 10.2. The van der Waals surface area contributed by atoms with Gasteiger partial charge >= 0.3 is 0 Å². The van der Waals surface area contributed by atoms with Crippen molar-refractivity contribution in [1.82, 2.24) is 10.2 Å². The van der Waals surface area contributed by atoms with E-state index in [-0.39, 0.29) is 0 Å². The lowest BCUT2D eigenvalue weighted by Crippen LogP contribution is -2.38. The molecule has 3 nitrogen and oxygen atoms in total. The van der Waals surface area contributed by atoms with E-state index >= 15 is 0 Å². The molecule has 0 spiro atoms. The summed E-state index contributed by atoms with van der Waals surface area (Å²) in [4.78, 5) is 7.65. The van der Waals surface area contributed by atoms with E-state index in [1.807, 2.05) is 20.9 Å². The lowest BCUT2D eigenvalue weighted by molar-refractivity contribution is 0.231. The summed E-state index contributed by atoms with van der Waals surface area (Å²) in [5.41, 5.74) is 9.89. The largest absolute Gasteiger partial charge is 0.356 e. The van der Waals surface area contributed by atoms with Crippen LogP contribution < -0.4 is 5.32 Å². The lowest BCUT2D eigenvalue weighted by atomic mass is 9.92. The molecule has 0 amide bonds. The summed E-state index contributed by atoms with van der Waals surface area (Å²) in [6.07, 6.45) is 8.74. The van der Waals surface area contributed by atoms with Crippen molar-refractivity contribution in [2.75, 3.05) is 26.7 Å². The van der Waals surface area contributed by atoms with E-state index in [1.165, 1.54) is 60.2 Å². The van der Waals surface area contributed by atoms with Gasteiger partial charge in [-0.05, 0) is 92.7 Å². The summed E-state index contributed by atoms with van der Waals surface area (Å²) in [5, 5.41) is 3.34. The highest BCUT2D eigenvalue weighted by molar-refractivity contribution is 6.02. The molecule has 1 heterocycles. The average molecular weight is 532 g/mol. The Balaban J connectivity index is 0.000000447. The van der Waals surface area contributed by atoms with Gasteiger partial charge in [0.1, 0.15) is 5.82 Å². The fraction of sp³-hybridized carbons (Fsp3) is 0.528. The molecule has 0 saturated carbocycles. The van der Waals surface area contributed by atoms with Crippen LogP contribution in [0.5, 0.6) is 0 Å². The van der Waals surface area contributed by atoms with E-state index in [4.69, 9.17) is 4.99 Å². The van der Waals surface area contributed by atoms with Gasteiger partial charge in [0.15, 0.2) is 0 Å². The molecule has 0 bridgehead atoms. The van der Waals surface area contributed by atoms with Crippen molar-refractivity contribution in [3.63, 3.8) is 0 Å². The van der Waals surface area contributed by atoms with Crippen molar-refractivity contribution in [2.45, 2.75) is 93.4 Å². The van der Waals surface area contributed by atoms with Gasteiger partial charge < -0.3 is 10.2 Å². The number of hydrogen-bond acceptors (Lipinski definition) is 3. The van der Waals surface area contributed by atoms with Gasteiger partial charge in [0.25, 0.3) is 0 Å². The molecule has 2 aromatic rings. The van der Waals surface area contributed by atoms with E-state index < -0.39 is 0 Å². The van der Waals surface area contributed by atoms with Crippen LogP contribution in [0.25, 0.3) is 0 Å². The maximum Gasteiger partial charge on any atom is 0.129 e. The Bertz CT molecular complexity index is 980. The second kappa shape index (κ2) is 19.4. The van der Waals surface area contributed by atoms with Crippen molar-refractivity contribution < 1.29 is 0 Å². The van der Waals surface area contributed by atoms with Crippen molar-refractivity contribution in [1.29, 1.82) is 0 Å². The molecular formula is C36H57N3. The van der Waals surface area contributed by atoms with Crippen LogP contribution in [-0.4, -0.2) is 37.3 Å². The third-order valence-corrected chi connectivity index (χ3v) is 7.40. The highest BCUT2D eigenvalue weighted by Gasteiger charge is 2.22. The fourth-order valence-corrected chi connectivity index (χ4v) is 5.20. The number of aliphatic imine (C=N–C) groups is 1. The van der Waals surface area contributed by atoms with Crippen molar-refractivity contribution >= 4 is 5.71 Å². The fourth-order valence-electron chi connectivity index (χ4n) is 5.20. The summed E-state index contributed by atoms with van der Waals surface area (Å²) < 4.78 is 0. The minimum Gasteiger partial charge on any atom is -0.356 e. The number of likely N-dealkylation sites (N-methyl/N-ethyl adjacent to an activating group) is 1. The topological polar surface area (TPSA) is 27.6 Å². The van der Waals surface area contributed by atoms with Crippen LogP contribution in [0.3, 0.4) is 0 Å². The van der Waals surface area contributed by atoms with Gasteiger partial charge in [0.05, 0.1) is 0 Å². The van der Waals surface area contributed by atoms with Gasteiger partial charge in [-0.1, -0.05) is 84.0 Å². The molecular weight excluding hydrogens is 474 g/mol. The molecule has 39 heavy (non-hydrogen) atoms. The molecule has 0 atom stereocenters. The zero-order chi connectivity index (χ0) is 29.2. The van der Waals surface area contributed by atoms with Crippen LogP contribution in [0.2, 0.25) is 0 Å². The van der Waals surface area contributed by atoms with E-state index in [1.54, 1.807) is 11.1 Å². The molecule has 2 aliphatic rings. The summed E-state index contributed by atoms with van der Waals surface area (Å²) >= 11 is 0. The van der Waals surface area contributed by atoms with Crippen molar-refractivity contribution in [3.05, 3.63) is 94.8 Å². The molecule has 1 saturated heterocycles. The quantitative estimate of drug-likeness (QED) is 0.272. The van der Waals surface area contributed by atoms with E-state index in [2.05, 4.69) is 100 Å². The van der Waals surface area contributed by atoms with Crippen LogP contribution >= 0.6 is 0 Å². The number of likely N-dealkylation sites (tertiary alicyclic amines) is 1. The van der Waals surface area contributed by atoms with E-state index in [9.17, 15) is 0 Å². The first-order valence-corrected chi connectivity index (χ1v) is 15.4. The first-order chi connectivity index (χ1) is 19.0. The molecule has 1 fully saturated rings. The predicted molar refractivity (Wildman–Crippen MR) is 175 cm³/mol. The number of hydrogen-bond donors (Lipinski definition) is 1. The summed E-state index contributed by atoms with van der Waals surface area (Å²) in [6, 6.07) is 15.5. The minimum absolute atomic E-state index is 0.492. The Kier molecular flexibility index (Phi) is 17.1. The van der Waals surface area contributed by atoms with Gasteiger partial charge in [0.2, 0.25) is 0 Å². The van der Waals surface area contributed by atoms with Crippen LogP contribution in [0, 0.1) is 5.92 Å². The minimum atomic E-state index is 0.492. The lowest BCUT2D eigenvalue weighted by Gasteiger charge is -2.36. The maximum atomic E-state index is 5.21. The Morgan fingerprint density at radius 2 is 1.38 bits per heavy atom. The average Bonchev–Trinajstić information content (AvgIpc) is 2.96. The normalized spacial score (nSPS) is 14.8. The van der Waals surface area contributed by atoms with Crippen LogP contribution in [-0.2, 0) is 25.7 Å². The second-order valence-corrected chi connectivity index (χ2v) is 10.2. The number of nitrogens with one attached hydrogen (secondary N) is 1. The molecule has 3 heteroatoms. The van der Waals surface area contributed by atoms with Crippen molar-refractivity contribution in [3.8, 4) is 0 Å². The van der Waals surface area contributed by atoms with Crippen LogP contribution in [0.1, 0.15) is 95.5 Å².